The van der Waals surface area contributed by atoms with Crippen molar-refractivity contribution < 1.29 is 28.8 Å². The van der Waals surface area contributed by atoms with Gasteiger partial charge in [0.2, 0.25) is 13.6 Å². The van der Waals surface area contributed by atoms with Gasteiger partial charge in [-0.15, -0.1) is 11.6 Å². The lowest BCUT2D eigenvalue weighted by molar-refractivity contribution is -0.140. The van der Waals surface area contributed by atoms with Gasteiger partial charge >= 0.3 is 5.97 Å². The van der Waals surface area contributed by atoms with Gasteiger partial charge in [0.1, 0.15) is 0 Å². The molecule has 3 aliphatic rings. The second-order valence-electron chi connectivity index (χ2n) is 6.86. The van der Waals surface area contributed by atoms with Crippen molar-refractivity contribution >= 4 is 33.5 Å². The monoisotopic (exact) mass is 509 g/mol. The second kappa shape index (κ2) is 10.6. The third-order valence-electron chi connectivity index (χ3n) is 4.88. The summed E-state index contributed by atoms with van der Waals surface area (Å²) < 4.78 is 20.7. The van der Waals surface area contributed by atoms with Crippen LogP contribution < -0.4 is 18.9 Å². The zero-order valence-electron chi connectivity index (χ0n) is 16.6. The molecule has 9 heteroatoms. The summed E-state index contributed by atoms with van der Waals surface area (Å²) in [7, 11) is 0. The van der Waals surface area contributed by atoms with E-state index in [1.807, 2.05) is 24.3 Å². The molecular weight excluding hydrogens is 490 g/mol. The summed E-state index contributed by atoms with van der Waals surface area (Å²) >= 11 is 8.26. The van der Waals surface area contributed by atoms with Gasteiger partial charge in [0, 0.05) is 11.2 Å². The SMILES string of the molecule is ClCCBr.N#CCc1ccc2c(c1)OCO2.O=C(O)C1(c2ccc3c(c2)OCO3)CC1. The molecule has 31 heavy (non-hydrogen) atoms. The van der Waals surface area contributed by atoms with Crippen LogP contribution in [0.3, 0.4) is 0 Å². The Morgan fingerprint density at radius 2 is 1.58 bits per heavy atom. The van der Waals surface area contributed by atoms with Crippen LogP contribution in [0.25, 0.3) is 0 Å². The number of benzene rings is 2. The molecule has 2 aliphatic heterocycles. The van der Waals surface area contributed by atoms with E-state index in [9.17, 15) is 4.79 Å². The van der Waals surface area contributed by atoms with Crippen molar-refractivity contribution in [3.63, 3.8) is 0 Å². The highest BCUT2D eigenvalue weighted by Gasteiger charge is 2.52. The minimum Gasteiger partial charge on any atom is -0.481 e. The van der Waals surface area contributed by atoms with Crippen LogP contribution in [-0.2, 0) is 16.6 Å². The maximum atomic E-state index is 11.1. The lowest BCUT2D eigenvalue weighted by Gasteiger charge is -2.10. The molecule has 0 aromatic heterocycles. The van der Waals surface area contributed by atoms with Gasteiger partial charge in [0.25, 0.3) is 0 Å². The number of fused-ring (bicyclic) bond motifs is 2. The molecular formula is C22H21BrClNO6. The van der Waals surface area contributed by atoms with Gasteiger partial charge in [-0.3, -0.25) is 4.79 Å². The average Bonchev–Trinajstić information content (AvgIpc) is 3.25. The van der Waals surface area contributed by atoms with Crippen LogP contribution in [0.5, 0.6) is 23.0 Å². The molecule has 0 atom stereocenters. The minimum atomic E-state index is -0.749. The molecule has 1 saturated carbocycles. The number of carboxylic acid groups (broad SMARTS) is 1. The summed E-state index contributed by atoms with van der Waals surface area (Å²) in [4.78, 5) is 11.1. The van der Waals surface area contributed by atoms with Crippen molar-refractivity contribution in [2.75, 3.05) is 24.8 Å². The molecule has 5 rings (SSSR count). The van der Waals surface area contributed by atoms with E-state index in [-0.39, 0.29) is 13.6 Å². The Bertz CT molecular complexity index is 971. The molecule has 1 fully saturated rings. The molecule has 2 aromatic carbocycles. The van der Waals surface area contributed by atoms with Gasteiger partial charge in [-0.25, -0.2) is 0 Å². The Balaban J connectivity index is 0.000000153. The first kappa shape index (κ1) is 23.0. The summed E-state index contributed by atoms with van der Waals surface area (Å²) in [5.41, 5.74) is 1.11. The fourth-order valence-corrected chi connectivity index (χ4v) is 3.09. The Hall–Kier alpha value is -2.63. The number of nitriles is 1. The van der Waals surface area contributed by atoms with Crippen molar-refractivity contribution in [1.29, 1.82) is 5.26 Å². The molecule has 2 heterocycles. The maximum absolute atomic E-state index is 11.1. The number of carbonyl (C=O) groups is 1. The molecule has 0 bridgehead atoms. The van der Waals surface area contributed by atoms with E-state index in [0.717, 1.165) is 28.0 Å². The molecule has 1 N–H and O–H groups in total. The Morgan fingerprint density at radius 1 is 1.03 bits per heavy atom. The molecule has 7 nitrogen and oxygen atoms in total. The third-order valence-corrected chi connectivity index (χ3v) is 5.92. The summed E-state index contributed by atoms with van der Waals surface area (Å²) in [6.45, 7) is 0.504. The van der Waals surface area contributed by atoms with E-state index >= 15 is 0 Å². The highest BCUT2D eigenvalue weighted by Crippen LogP contribution is 2.50. The van der Waals surface area contributed by atoms with E-state index in [1.165, 1.54) is 0 Å². The summed E-state index contributed by atoms with van der Waals surface area (Å²) in [5, 5.41) is 18.5. The molecule has 2 aromatic rings. The lowest BCUT2D eigenvalue weighted by atomic mass is 9.96. The van der Waals surface area contributed by atoms with E-state index in [0.29, 0.717) is 36.6 Å². The number of nitrogens with zero attached hydrogens (tertiary/aromatic N) is 1. The minimum absolute atomic E-state index is 0.221. The van der Waals surface area contributed by atoms with Crippen molar-refractivity contribution in [2.45, 2.75) is 24.7 Å². The van der Waals surface area contributed by atoms with Crippen LogP contribution in [0.4, 0.5) is 0 Å². The van der Waals surface area contributed by atoms with Crippen LogP contribution in [-0.4, -0.2) is 35.9 Å². The molecule has 0 unspecified atom stereocenters. The normalized spacial score (nSPS) is 15.5. The van der Waals surface area contributed by atoms with Gasteiger partial charge in [0.15, 0.2) is 23.0 Å². The Labute approximate surface area is 193 Å². The Kier molecular flexibility index (Phi) is 7.88. The van der Waals surface area contributed by atoms with Crippen molar-refractivity contribution in [3.05, 3.63) is 47.5 Å². The second-order valence-corrected chi connectivity index (χ2v) is 8.03. The van der Waals surface area contributed by atoms with Crippen LogP contribution in [0, 0.1) is 11.3 Å². The number of hydrogen-bond donors (Lipinski definition) is 1. The zero-order chi connectivity index (χ0) is 22.3. The van der Waals surface area contributed by atoms with Gasteiger partial charge < -0.3 is 24.1 Å². The van der Waals surface area contributed by atoms with Crippen LogP contribution >= 0.6 is 27.5 Å². The molecule has 0 radical (unpaired) electrons. The molecule has 0 amide bonds. The molecule has 1 aliphatic carbocycles. The number of ether oxygens (including phenoxy) is 4. The number of aliphatic carboxylic acids is 1. The summed E-state index contributed by atoms with van der Waals surface area (Å²) in [5.74, 6) is 2.81. The van der Waals surface area contributed by atoms with Gasteiger partial charge in [-0.2, -0.15) is 5.26 Å². The zero-order valence-corrected chi connectivity index (χ0v) is 18.9. The van der Waals surface area contributed by atoms with Crippen LogP contribution in [0.2, 0.25) is 0 Å². The largest absolute Gasteiger partial charge is 0.481 e. The quantitative estimate of drug-likeness (QED) is 0.599. The topological polar surface area (TPSA) is 98.0 Å². The first-order chi connectivity index (χ1) is 15.0. The number of halogens is 2. The first-order valence-corrected chi connectivity index (χ1v) is 11.2. The maximum Gasteiger partial charge on any atom is 0.314 e. The van der Waals surface area contributed by atoms with Crippen molar-refractivity contribution in [1.82, 2.24) is 0 Å². The van der Waals surface area contributed by atoms with Gasteiger partial charge in [-0.1, -0.05) is 28.1 Å². The number of alkyl halides is 2. The van der Waals surface area contributed by atoms with Crippen LogP contribution in [0.1, 0.15) is 24.0 Å². The van der Waals surface area contributed by atoms with Crippen molar-refractivity contribution in [2.24, 2.45) is 0 Å². The first-order valence-electron chi connectivity index (χ1n) is 9.55. The van der Waals surface area contributed by atoms with E-state index in [2.05, 4.69) is 22.0 Å². The number of rotatable bonds is 4. The fourth-order valence-electron chi connectivity index (χ4n) is 3.09. The third kappa shape index (κ3) is 5.54. The summed E-state index contributed by atoms with van der Waals surface area (Å²) in [6.07, 6.45) is 1.83. The Morgan fingerprint density at radius 3 is 2.10 bits per heavy atom. The van der Waals surface area contributed by atoms with Gasteiger partial charge in [-0.05, 0) is 48.2 Å². The highest BCUT2D eigenvalue weighted by molar-refractivity contribution is 9.09. The van der Waals surface area contributed by atoms with E-state index < -0.39 is 11.4 Å². The molecule has 0 saturated heterocycles. The predicted octanol–water partition coefficient (Wildman–Crippen LogP) is 4.63. The predicted molar refractivity (Wildman–Crippen MR) is 118 cm³/mol. The van der Waals surface area contributed by atoms with Gasteiger partial charge in [0.05, 0.1) is 17.9 Å². The number of carboxylic acids is 1. The van der Waals surface area contributed by atoms with E-state index in [1.54, 1.807) is 12.1 Å². The average molecular weight is 511 g/mol. The summed E-state index contributed by atoms with van der Waals surface area (Å²) in [6, 6.07) is 13.0. The number of hydrogen-bond acceptors (Lipinski definition) is 6. The lowest BCUT2D eigenvalue weighted by Crippen LogP contribution is -2.19. The standard InChI is InChI=1S/C11H10O4.C9H7NO2.C2H4BrCl/c12-10(13)11(3-4-11)7-1-2-8-9(5-7)15-6-14-8;10-4-3-7-1-2-8-9(5-7)12-6-11-8;3-1-2-4/h1-2,5H,3-4,6H2,(H,12,13);1-2,5H,3,6H2;1-2H2. The molecule has 164 valence electrons. The molecule has 0 spiro atoms. The fraction of sp³-hybridized carbons (Fsp3) is 0.364. The van der Waals surface area contributed by atoms with Crippen LogP contribution in [0.15, 0.2) is 36.4 Å². The van der Waals surface area contributed by atoms with Crippen molar-refractivity contribution in [3.8, 4) is 29.1 Å². The highest BCUT2D eigenvalue weighted by atomic mass is 79.9. The smallest absolute Gasteiger partial charge is 0.314 e. The van der Waals surface area contributed by atoms with E-state index in [4.69, 9.17) is 40.9 Å².